The summed E-state index contributed by atoms with van der Waals surface area (Å²) >= 11 is 0. The molecule has 4 atom stereocenters. The number of nitrogens with zero attached hydrogens (tertiary/aromatic N) is 1. The molecule has 17 heavy (non-hydrogen) atoms. The zero-order chi connectivity index (χ0) is 12.4. The molecule has 0 unspecified atom stereocenters. The van der Waals surface area contributed by atoms with Gasteiger partial charge in [0.15, 0.2) is 0 Å². The number of rotatable bonds is 2. The molecule has 0 aromatic heterocycles. The second-order valence-corrected chi connectivity index (χ2v) is 5.30. The molecule has 3 aliphatic rings. The van der Waals surface area contributed by atoms with Crippen molar-refractivity contribution in [2.75, 3.05) is 6.54 Å². The van der Waals surface area contributed by atoms with Gasteiger partial charge in [0, 0.05) is 6.04 Å². The summed E-state index contributed by atoms with van der Waals surface area (Å²) in [6, 6.07) is 0.0768. The first-order valence-corrected chi connectivity index (χ1v) is 5.87. The Kier molecular flexibility index (Phi) is 1.96. The molecule has 2 saturated heterocycles. The second kappa shape index (κ2) is 3.10. The molecule has 3 heterocycles. The Morgan fingerprint density at radius 2 is 2.35 bits per heavy atom. The first-order valence-electron chi connectivity index (χ1n) is 5.87. The topological polar surface area (TPSA) is 66.8 Å². The van der Waals surface area contributed by atoms with Crippen LogP contribution in [0.3, 0.4) is 0 Å². The minimum absolute atomic E-state index is 0.0768. The number of ether oxygens (including phenoxy) is 1. The van der Waals surface area contributed by atoms with Crippen molar-refractivity contribution < 1.29 is 19.4 Å². The number of hydrogen-bond acceptors (Lipinski definition) is 3. The molecule has 3 rings (SSSR count). The van der Waals surface area contributed by atoms with Gasteiger partial charge >= 0.3 is 5.97 Å². The van der Waals surface area contributed by atoms with Gasteiger partial charge < -0.3 is 14.7 Å². The van der Waals surface area contributed by atoms with E-state index in [9.17, 15) is 14.7 Å². The van der Waals surface area contributed by atoms with Crippen LogP contribution in [0.15, 0.2) is 12.2 Å². The third kappa shape index (κ3) is 1.17. The molecular formula is C12H15NO4. The fourth-order valence-corrected chi connectivity index (χ4v) is 3.25. The Labute approximate surface area is 99.0 Å². The summed E-state index contributed by atoms with van der Waals surface area (Å²) < 4.78 is 5.75. The van der Waals surface area contributed by atoms with E-state index < -0.39 is 29.5 Å². The van der Waals surface area contributed by atoms with Crippen molar-refractivity contribution in [2.24, 2.45) is 11.8 Å². The summed E-state index contributed by atoms with van der Waals surface area (Å²) in [5.41, 5.74) is -0.685. The fourth-order valence-electron chi connectivity index (χ4n) is 3.25. The van der Waals surface area contributed by atoms with Crippen LogP contribution < -0.4 is 0 Å². The smallest absolute Gasteiger partial charge is 0.310 e. The maximum absolute atomic E-state index is 12.3. The molecule has 2 fully saturated rings. The number of amides is 1. The average Bonchev–Trinajstić information content (AvgIpc) is 2.86. The first-order chi connectivity index (χ1) is 7.96. The van der Waals surface area contributed by atoms with E-state index in [0.717, 1.165) is 0 Å². The van der Waals surface area contributed by atoms with Crippen LogP contribution in [-0.2, 0) is 14.3 Å². The minimum atomic E-state index is -0.940. The zero-order valence-corrected chi connectivity index (χ0v) is 9.79. The van der Waals surface area contributed by atoms with E-state index in [1.807, 2.05) is 19.9 Å². The van der Waals surface area contributed by atoms with Crippen molar-refractivity contribution in [3.8, 4) is 0 Å². The van der Waals surface area contributed by atoms with E-state index in [0.29, 0.717) is 6.54 Å². The van der Waals surface area contributed by atoms with E-state index in [2.05, 4.69) is 0 Å². The number of likely N-dealkylation sites (tertiary alicyclic amines) is 1. The highest BCUT2D eigenvalue weighted by Gasteiger charge is 2.67. The van der Waals surface area contributed by atoms with Crippen LogP contribution in [0.2, 0.25) is 0 Å². The van der Waals surface area contributed by atoms with Gasteiger partial charge in [-0.1, -0.05) is 12.2 Å². The molecule has 1 amide bonds. The van der Waals surface area contributed by atoms with E-state index in [4.69, 9.17) is 4.74 Å². The third-order valence-electron chi connectivity index (χ3n) is 4.04. The third-order valence-corrected chi connectivity index (χ3v) is 4.04. The number of carboxylic acid groups (broad SMARTS) is 1. The van der Waals surface area contributed by atoms with Gasteiger partial charge in [0.05, 0.1) is 18.6 Å². The molecule has 5 nitrogen and oxygen atoms in total. The number of carbonyl (C=O) groups excluding carboxylic acids is 1. The number of fused-ring (bicyclic) bond motifs is 1. The molecule has 0 aromatic rings. The SMILES string of the molecule is CC(C)N1C[C@@]23C=C[C@@H](O2)[C@H](C(=O)O)[C@H]3C1=O. The molecule has 2 bridgehead atoms. The lowest BCUT2D eigenvalue weighted by Gasteiger charge is -2.24. The molecule has 0 aromatic carbocycles. The monoisotopic (exact) mass is 237 g/mol. The predicted octanol–water partition coefficient (Wildman–Crippen LogP) is 0.261. The lowest BCUT2D eigenvalue weighted by Crippen LogP contribution is -2.39. The van der Waals surface area contributed by atoms with Crippen LogP contribution in [-0.4, -0.2) is 46.2 Å². The molecule has 0 saturated carbocycles. The van der Waals surface area contributed by atoms with Crippen molar-refractivity contribution in [1.82, 2.24) is 4.90 Å². The van der Waals surface area contributed by atoms with Gasteiger partial charge in [-0.25, -0.2) is 0 Å². The number of aliphatic carboxylic acids is 1. The van der Waals surface area contributed by atoms with Crippen LogP contribution in [0, 0.1) is 11.8 Å². The van der Waals surface area contributed by atoms with Crippen LogP contribution >= 0.6 is 0 Å². The Morgan fingerprint density at radius 1 is 1.65 bits per heavy atom. The van der Waals surface area contributed by atoms with E-state index in [-0.39, 0.29) is 11.9 Å². The lowest BCUT2D eigenvalue weighted by atomic mass is 9.77. The Balaban J connectivity index is 2.01. The van der Waals surface area contributed by atoms with Gasteiger partial charge in [0.25, 0.3) is 0 Å². The largest absolute Gasteiger partial charge is 0.481 e. The van der Waals surface area contributed by atoms with Gasteiger partial charge in [0.2, 0.25) is 5.91 Å². The summed E-state index contributed by atoms with van der Waals surface area (Å²) in [5.74, 6) is -2.29. The number of carbonyl (C=O) groups is 2. The van der Waals surface area contributed by atoms with E-state index >= 15 is 0 Å². The van der Waals surface area contributed by atoms with Crippen LogP contribution in [0.5, 0.6) is 0 Å². The van der Waals surface area contributed by atoms with E-state index in [1.54, 1.807) is 11.0 Å². The standard InChI is InChI=1S/C12H15NO4/c1-6(2)13-5-12-4-3-7(17-12)8(11(15)16)9(12)10(13)14/h3-4,6-9H,5H2,1-2H3,(H,15,16)/t7-,8+,9+,12-/m1/s1. The van der Waals surface area contributed by atoms with Crippen LogP contribution in [0.25, 0.3) is 0 Å². The van der Waals surface area contributed by atoms with Gasteiger partial charge in [0.1, 0.15) is 11.5 Å². The van der Waals surface area contributed by atoms with Crippen LogP contribution in [0.1, 0.15) is 13.8 Å². The van der Waals surface area contributed by atoms with Gasteiger partial charge in [-0.15, -0.1) is 0 Å². The summed E-state index contributed by atoms with van der Waals surface area (Å²) in [6.07, 6.45) is 3.23. The quantitative estimate of drug-likeness (QED) is 0.700. The van der Waals surface area contributed by atoms with Gasteiger partial charge in [-0.3, -0.25) is 9.59 Å². The van der Waals surface area contributed by atoms with Crippen molar-refractivity contribution in [3.05, 3.63) is 12.2 Å². The fraction of sp³-hybridized carbons (Fsp3) is 0.667. The predicted molar refractivity (Wildman–Crippen MR) is 58.2 cm³/mol. The van der Waals surface area contributed by atoms with E-state index in [1.165, 1.54) is 0 Å². The van der Waals surface area contributed by atoms with Crippen molar-refractivity contribution in [2.45, 2.75) is 31.6 Å². The Morgan fingerprint density at radius 3 is 2.94 bits per heavy atom. The van der Waals surface area contributed by atoms with Gasteiger partial charge in [-0.2, -0.15) is 0 Å². The molecule has 1 spiro atoms. The van der Waals surface area contributed by atoms with Crippen molar-refractivity contribution >= 4 is 11.9 Å². The molecule has 3 aliphatic heterocycles. The number of hydrogen-bond donors (Lipinski definition) is 1. The molecule has 0 aliphatic carbocycles. The minimum Gasteiger partial charge on any atom is -0.481 e. The zero-order valence-electron chi connectivity index (χ0n) is 9.79. The normalized spacial score (nSPS) is 42.6. The highest BCUT2D eigenvalue weighted by Crippen LogP contribution is 2.52. The van der Waals surface area contributed by atoms with Crippen molar-refractivity contribution in [1.29, 1.82) is 0 Å². The molecule has 92 valence electrons. The van der Waals surface area contributed by atoms with Crippen LogP contribution in [0.4, 0.5) is 0 Å². The molecule has 0 radical (unpaired) electrons. The maximum Gasteiger partial charge on any atom is 0.310 e. The first kappa shape index (κ1) is 10.8. The summed E-state index contributed by atoms with van der Waals surface area (Å²) in [7, 11) is 0. The summed E-state index contributed by atoms with van der Waals surface area (Å²) in [5, 5.41) is 9.24. The molecule has 5 heteroatoms. The maximum atomic E-state index is 12.3. The Bertz CT molecular complexity index is 430. The summed E-state index contributed by atoms with van der Waals surface area (Å²) in [4.78, 5) is 25.3. The average molecular weight is 237 g/mol. The molecular weight excluding hydrogens is 222 g/mol. The Hall–Kier alpha value is -1.36. The summed E-state index contributed by atoms with van der Waals surface area (Å²) in [6.45, 7) is 4.34. The highest BCUT2D eigenvalue weighted by molar-refractivity contribution is 5.90. The van der Waals surface area contributed by atoms with Gasteiger partial charge in [-0.05, 0) is 13.8 Å². The number of carboxylic acids is 1. The van der Waals surface area contributed by atoms with Crippen molar-refractivity contribution in [3.63, 3.8) is 0 Å². The molecule has 1 N–H and O–H groups in total. The highest BCUT2D eigenvalue weighted by atomic mass is 16.5. The second-order valence-electron chi connectivity index (χ2n) is 5.30. The lowest BCUT2D eigenvalue weighted by molar-refractivity contribution is -0.148.